The second-order valence-corrected chi connectivity index (χ2v) is 9.12. The second-order valence-electron chi connectivity index (χ2n) is 5.72. The number of halogens is 3. The third-order valence-corrected chi connectivity index (χ3v) is 6.14. The van der Waals surface area contributed by atoms with Crippen molar-refractivity contribution in [2.75, 3.05) is 26.0 Å². The molecule has 1 N–H and O–H groups in total. The molecule has 11 heteroatoms. The van der Waals surface area contributed by atoms with Crippen molar-refractivity contribution in [2.24, 2.45) is 0 Å². The molecule has 0 aliphatic carbocycles. The van der Waals surface area contributed by atoms with Gasteiger partial charge in [-0.15, -0.1) is 0 Å². The largest absolute Gasteiger partial charge is 0.452 e. The van der Waals surface area contributed by atoms with E-state index >= 15 is 0 Å². The van der Waals surface area contributed by atoms with Crippen molar-refractivity contribution in [3.8, 4) is 0 Å². The highest BCUT2D eigenvalue weighted by Crippen LogP contribution is 2.27. The highest BCUT2D eigenvalue weighted by molar-refractivity contribution is 7.89. The van der Waals surface area contributed by atoms with Crippen LogP contribution < -0.4 is 5.32 Å². The van der Waals surface area contributed by atoms with Crippen LogP contribution in [0.1, 0.15) is 10.4 Å². The smallest absolute Gasteiger partial charge is 0.338 e. The van der Waals surface area contributed by atoms with E-state index in [2.05, 4.69) is 5.32 Å². The van der Waals surface area contributed by atoms with Crippen molar-refractivity contribution in [3.63, 3.8) is 0 Å². The number of ether oxygens (including phenoxy) is 1. The summed E-state index contributed by atoms with van der Waals surface area (Å²) in [6.45, 7) is -0.596. The standard InChI is InChI=1S/C17H15Cl3N2O5S/c1-22(2)28(25,26)15-8-13(3-4-14(15)20)21-16(23)9-27-17(24)10-5-11(18)7-12(19)6-10/h3-8H,9H2,1-2H3,(H,21,23). The summed E-state index contributed by atoms with van der Waals surface area (Å²) in [5.74, 6) is -1.46. The predicted molar refractivity (Wildman–Crippen MR) is 108 cm³/mol. The number of rotatable bonds is 6. The molecule has 2 aromatic carbocycles. The average molecular weight is 466 g/mol. The van der Waals surface area contributed by atoms with Gasteiger partial charge in [0.25, 0.3) is 5.91 Å². The van der Waals surface area contributed by atoms with Crippen LogP contribution in [0.2, 0.25) is 15.1 Å². The number of amides is 1. The van der Waals surface area contributed by atoms with Crippen LogP contribution in [0.15, 0.2) is 41.3 Å². The van der Waals surface area contributed by atoms with E-state index in [-0.39, 0.29) is 31.2 Å². The van der Waals surface area contributed by atoms with Crippen LogP contribution in [0.5, 0.6) is 0 Å². The molecule has 0 heterocycles. The molecule has 28 heavy (non-hydrogen) atoms. The summed E-state index contributed by atoms with van der Waals surface area (Å²) in [6, 6.07) is 8.14. The van der Waals surface area contributed by atoms with E-state index in [4.69, 9.17) is 39.5 Å². The second kappa shape index (κ2) is 9.11. The van der Waals surface area contributed by atoms with Crippen molar-refractivity contribution in [1.29, 1.82) is 0 Å². The monoisotopic (exact) mass is 464 g/mol. The summed E-state index contributed by atoms with van der Waals surface area (Å²) in [6.07, 6.45) is 0. The number of nitrogens with zero attached hydrogens (tertiary/aromatic N) is 1. The van der Waals surface area contributed by atoms with E-state index in [0.717, 1.165) is 4.31 Å². The lowest BCUT2D eigenvalue weighted by Crippen LogP contribution is -2.23. The van der Waals surface area contributed by atoms with Gasteiger partial charge in [0.2, 0.25) is 10.0 Å². The fraction of sp³-hybridized carbons (Fsp3) is 0.176. The van der Waals surface area contributed by atoms with Crippen LogP contribution in [-0.2, 0) is 19.6 Å². The van der Waals surface area contributed by atoms with Crippen molar-refractivity contribution in [3.05, 3.63) is 57.0 Å². The molecule has 0 saturated heterocycles. The number of esters is 1. The Morgan fingerprint density at radius 2 is 1.64 bits per heavy atom. The van der Waals surface area contributed by atoms with E-state index in [0.29, 0.717) is 0 Å². The number of nitrogens with one attached hydrogen (secondary N) is 1. The first-order valence-electron chi connectivity index (χ1n) is 7.66. The molecular weight excluding hydrogens is 451 g/mol. The molecule has 0 fully saturated rings. The summed E-state index contributed by atoms with van der Waals surface area (Å²) >= 11 is 17.6. The molecule has 1 amide bonds. The Hall–Kier alpha value is -1.84. The Labute approximate surface area is 177 Å². The molecule has 7 nitrogen and oxygen atoms in total. The first-order chi connectivity index (χ1) is 13.0. The van der Waals surface area contributed by atoms with Crippen molar-refractivity contribution < 1.29 is 22.7 Å². The van der Waals surface area contributed by atoms with E-state index < -0.39 is 28.5 Å². The van der Waals surface area contributed by atoms with Gasteiger partial charge in [-0.05, 0) is 36.4 Å². The molecule has 0 spiro atoms. The number of benzene rings is 2. The summed E-state index contributed by atoms with van der Waals surface area (Å²) in [5.41, 5.74) is 0.271. The molecule has 0 bridgehead atoms. The third-order valence-electron chi connectivity index (χ3n) is 3.41. The third kappa shape index (κ3) is 5.59. The lowest BCUT2D eigenvalue weighted by molar-refractivity contribution is -0.119. The minimum Gasteiger partial charge on any atom is -0.452 e. The van der Waals surface area contributed by atoms with E-state index in [1.807, 2.05) is 0 Å². The van der Waals surface area contributed by atoms with Crippen molar-refractivity contribution in [1.82, 2.24) is 4.31 Å². The van der Waals surface area contributed by atoms with Crippen molar-refractivity contribution in [2.45, 2.75) is 4.90 Å². The van der Waals surface area contributed by atoms with Gasteiger partial charge in [-0.1, -0.05) is 34.8 Å². The Bertz CT molecular complexity index is 1010. The Balaban J connectivity index is 2.06. The zero-order valence-corrected chi connectivity index (χ0v) is 17.8. The van der Waals surface area contributed by atoms with Crippen LogP contribution in [-0.4, -0.2) is 45.3 Å². The van der Waals surface area contributed by atoms with Gasteiger partial charge in [0, 0.05) is 29.8 Å². The molecule has 0 atom stereocenters. The normalized spacial score (nSPS) is 11.4. The van der Waals surface area contributed by atoms with Gasteiger partial charge >= 0.3 is 5.97 Å². The first-order valence-corrected chi connectivity index (χ1v) is 10.2. The lowest BCUT2D eigenvalue weighted by Gasteiger charge is -2.14. The Morgan fingerprint density at radius 1 is 1.04 bits per heavy atom. The van der Waals surface area contributed by atoms with Gasteiger partial charge in [0.1, 0.15) is 4.90 Å². The number of carbonyl (C=O) groups excluding carboxylic acids is 2. The van der Waals surface area contributed by atoms with Gasteiger partial charge in [-0.3, -0.25) is 4.79 Å². The van der Waals surface area contributed by atoms with E-state index in [1.54, 1.807) is 0 Å². The zero-order valence-electron chi connectivity index (χ0n) is 14.7. The minimum atomic E-state index is -3.80. The molecule has 150 valence electrons. The summed E-state index contributed by atoms with van der Waals surface area (Å²) < 4.78 is 30.4. The SMILES string of the molecule is CN(C)S(=O)(=O)c1cc(NC(=O)COC(=O)c2cc(Cl)cc(Cl)c2)ccc1Cl. The topological polar surface area (TPSA) is 92.8 Å². The molecule has 0 unspecified atom stereocenters. The molecule has 0 aliphatic heterocycles. The van der Waals surface area contributed by atoms with Gasteiger partial charge in [0.15, 0.2) is 6.61 Å². The average Bonchev–Trinajstić information content (AvgIpc) is 2.60. The number of anilines is 1. The minimum absolute atomic E-state index is 0.0101. The molecule has 0 aliphatic rings. The molecule has 0 radical (unpaired) electrons. The maximum atomic E-state index is 12.3. The van der Waals surface area contributed by atoms with E-state index in [9.17, 15) is 18.0 Å². The van der Waals surface area contributed by atoms with Gasteiger partial charge in [-0.2, -0.15) is 0 Å². The number of carbonyl (C=O) groups is 2. The highest BCUT2D eigenvalue weighted by Gasteiger charge is 2.21. The highest BCUT2D eigenvalue weighted by atomic mass is 35.5. The quantitative estimate of drug-likeness (QED) is 0.657. The molecule has 0 aromatic heterocycles. The molecular formula is C17H15Cl3N2O5S. The van der Waals surface area contributed by atoms with Crippen molar-refractivity contribution >= 4 is 62.4 Å². The predicted octanol–water partition coefficient (Wildman–Crippen LogP) is 3.69. The maximum absolute atomic E-state index is 12.3. The van der Waals surface area contributed by atoms with Crippen LogP contribution in [0.25, 0.3) is 0 Å². The lowest BCUT2D eigenvalue weighted by atomic mass is 10.2. The number of hydrogen-bond donors (Lipinski definition) is 1. The van der Waals surface area contributed by atoms with Gasteiger partial charge in [-0.25, -0.2) is 17.5 Å². The fourth-order valence-corrected chi connectivity index (χ4v) is 3.98. The molecule has 2 aromatic rings. The van der Waals surface area contributed by atoms with Crippen LogP contribution >= 0.6 is 34.8 Å². The van der Waals surface area contributed by atoms with E-state index in [1.165, 1.54) is 50.5 Å². The molecule has 2 rings (SSSR count). The number of sulfonamides is 1. The fourth-order valence-electron chi connectivity index (χ4n) is 2.06. The Kier molecular flexibility index (Phi) is 7.30. The summed E-state index contributed by atoms with van der Waals surface area (Å²) in [4.78, 5) is 23.9. The first kappa shape index (κ1) is 22.4. The molecule has 0 saturated carbocycles. The van der Waals surface area contributed by atoms with Crippen LogP contribution in [0.3, 0.4) is 0 Å². The van der Waals surface area contributed by atoms with Crippen LogP contribution in [0, 0.1) is 0 Å². The number of hydrogen-bond acceptors (Lipinski definition) is 5. The zero-order chi connectivity index (χ0) is 21.1. The van der Waals surface area contributed by atoms with Crippen LogP contribution in [0.4, 0.5) is 5.69 Å². The van der Waals surface area contributed by atoms with Gasteiger partial charge < -0.3 is 10.1 Å². The maximum Gasteiger partial charge on any atom is 0.338 e. The Morgan fingerprint density at radius 3 is 2.21 bits per heavy atom. The summed E-state index contributed by atoms with van der Waals surface area (Å²) in [5, 5.41) is 2.95. The van der Waals surface area contributed by atoms with Gasteiger partial charge in [0.05, 0.1) is 10.6 Å². The summed E-state index contributed by atoms with van der Waals surface area (Å²) in [7, 11) is -1.08.